The van der Waals surface area contributed by atoms with Gasteiger partial charge in [-0.15, -0.1) is 0 Å². The lowest BCUT2D eigenvalue weighted by molar-refractivity contribution is -0.132. The first-order chi connectivity index (χ1) is 13.9. The van der Waals surface area contributed by atoms with Crippen molar-refractivity contribution < 1.29 is 14.7 Å². The van der Waals surface area contributed by atoms with Crippen LogP contribution in [0.2, 0.25) is 5.02 Å². The van der Waals surface area contributed by atoms with Crippen LogP contribution in [0.3, 0.4) is 0 Å². The van der Waals surface area contributed by atoms with Gasteiger partial charge in [0.2, 0.25) is 5.91 Å². The molecule has 2 aromatic carbocycles. The highest BCUT2D eigenvalue weighted by molar-refractivity contribution is 8.26. The Kier molecular flexibility index (Phi) is 6.95. The predicted octanol–water partition coefficient (Wildman–Crippen LogP) is 3.99. The molecule has 1 heterocycles. The van der Waals surface area contributed by atoms with Gasteiger partial charge in [-0.25, -0.2) is 0 Å². The molecule has 8 heteroatoms. The molecule has 0 spiro atoms. The Morgan fingerprint density at radius 2 is 1.97 bits per heavy atom. The van der Waals surface area contributed by atoms with Gasteiger partial charge < -0.3 is 10.4 Å². The highest BCUT2D eigenvalue weighted by Crippen LogP contribution is 2.35. The van der Waals surface area contributed by atoms with Crippen LogP contribution >= 0.6 is 35.6 Å². The molecule has 1 aliphatic rings. The van der Waals surface area contributed by atoms with E-state index in [2.05, 4.69) is 5.32 Å². The summed E-state index contributed by atoms with van der Waals surface area (Å²) in [6, 6.07) is 13.3. The smallest absolute Gasteiger partial charge is 0.266 e. The molecule has 150 valence electrons. The number of carbonyl (C=O) groups excluding carboxylic acids is 2. The second-order valence-corrected chi connectivity index (χ2v) is 8.54. The average Bonchev–Trinajstić information content (AvgIpc) is 2.97. The average molecular weight is 447 g/mol. The van der Waals surface area contributed by atoms with E-state index in [4.69, 9.17) is 23.8 Å². The van der Waals surface area contributed by atoms with Crippen LogP contribution < -0.4 is 5.32 Å². The Labute approximate surface area is 183 Å². The van der Waals surface area contributed by atoms with Gasteiger partial charge in [-0.3, -0.25) is 14.5 Å². The first kappa shape index (κ1) is 21.4. The number of hydrogen-bond acceptors (Lipinski definition) is 5. The van der Waals surface area contributed by atoms with Crippen LogP contribution in [-0.2, 0) is 16.0 Å². The van der Waals surface area contributed by atoms with Gasteiger partial charge in [-0.05, 0) is 48.7 Å². The van der Waals surface area contributed by atoms with Crippen molar-refractivity contribution in [3.63, 3.8) is 0 Å². The van der Waals surface area contributed by atoms with Crippen LogP contribution in [0.5, 0.6) is 5.75 Å². The Hall–Kier alpha value is -2.35. The number of aromatic hydroxyl groups is 1. The van der Waals surface area contributed by atoms with Crippen LogP contribution in [0.1, 0.15) is 18.1 Å². The molecule has 0 saturated carbocycles. The van der Waals surface area contributed by atoms with Crippen molar-refractivity contribution >= 4 is 57.8 Å². The lowest BCUT2D eigenvalue weighted by atomic mass is 10.1. The van der Waals surface area contributed by atoms with E-state index in [0.717, 1.165) is 22.9 Å². The Morgan fingerprint density at radius 1 is 1.28 bits per heavy atom. The number of hydrogen-bond donors (Lipinski definition) is 2. The van der Waals surface area contributed by atoms with E-state index in [1.807, 2.05) is 18.2 Å². The zero-order valence-electron chi connectivity index (χ0n) is 15.6. The van der Waals surface area contributed by atoms with Crippen molar-refractivity contribution in [2.75, 3.05) is 6.54 Å². The third-order valence-electron chi connectivity index (χ3n) is 4.43. The Bertz CT molecular complexity index is 976. The number of thioether (sulfide) groups is 1. The van der Waals surface area contributed by atoms with E-state index < -0.39 is 6.04 Å². The van der Waals surface area contributed by atoms with Gasteiger partial charge in [0.25, 0.3) is 5.91 Å². The summed E-state index contributed by atoms with van der Waals surface area (Å²) in [5.41, 5.74) is 1.71. The van der Waals surface area contributed by atoms with Crippen molar-refractivity contribution in [1.29, 1.82) is 0 Å². The summed E-state index contributed by atoms with van der Waals surface area (Å²) in [7, 11) is 0. The topological polar surface area (TPSA) is 69.6 Å². The molecular formula is C21H19ClN2O3S2. The number of halogens is 1. The molecule has 1 atom stereocenters. The van der Waals surface area contributed by atoms with Crippen LogP contribution in [-0.4, -0.2) is 38.7 Å². The van der Waals surface area contributed by atoms with Crippen LogP contribution in [0, 0.1) is 0 Å². The largest absolute Gasteiger partial charge is 0.508 e. The lowest BCUT2D eigenvalue weighted by Crippen LogP contribution is -2.47. The zero-order chi connectivity index (χ0) is 21.0. The fourth-order valence-electron chi connectivity index (χ4n) is 2.80. The standard InChI is InChI=1S/C21H19ClN2O3S2/c1-13(19(26)23-11-10-14-6-8-16(25)9-7-14)24-20(27)18(29-21(24)28)12-15-4-2-3-5-17(15)22/h2-9,12-13,25H,10-11H2,1H3,(H,23,26). The SMILES string of the molecule is CC(C(=O)NCCc1ccc(O)cc1)N1C(=O)C(=Cc2ccccc2Cl)SC1=S. The van der Waals surface area contributed by atoms with E-state index in [9.17, 15) is 14.7 Å². The minimum atomic E-state index is -0.723. The number of rotatable bonds is 6. The maximum absolute atomic E-state index is 12.8. The highest BCUT2D eigenvalue weighted by Gasteiger charge is 2.38. The van der Waals surface area contributed by atoms with Crippen LogP contribution in [0.25, 0.3) is 6.08 Å². The fraction of sp³-hybridized carbons (Fsp3) is 0.190. The molecule has 3 rings (SSSR count). The first-order valence-electron chi connectivity index (χ1n) is 8.94. The fourth-order valence-corrected chi connectivity index (χ4v) is 4.40. The van der Waals surface area contributed by atoms with Gasteiger partial charge in [-0.1, -0.05) is 65.9 Å². The molecule has 0 radical (unpaired) electrons. The van der Waals surface area contributed by atoms with Gasteiger partial charge in [0.15, 0.2) is 0 Å². The molecule has 29 heavy (non-hydrogen) atoms. The quantitative estimate of drug-likeness (QED) is 0.518. The Morgan fingerprint density at radius 3 is 2.66 bits per heavy atom. The van der Waals surface area contributed by atoms with Crippen molar-refractivity contribution in [3.8, 4) is 5.75 Å². The number of carbonyl (C=O) groups is 2. The third-order valence-corrected chi connectivity index (χ3v) is 6.11. The summed E-state index contributed by atoms with van der Waals surface area (Å²) in [6.07, 6.45) is 2.31. The zero-order valence-corrected chi connectivity index (χ0v) is 18.0. The summed E-state index contributed by atoms with van der Waals surface area (Å²) < 4.78 is 0.342. The minimum absolute atomic E-state index is 0.200. The molecule has 0 bridgehead atoms. The summed E-state index contributed by atoms with van der Waals surface area (Å²) in [5, 5.41) is 12.7. The number of phenols is 1. The molecule has 2 aromatic rings. The van der Waals surface area contributed by atoms with Gasteiger partial charge >= 0.3 is 0 Å². The highest BCUT2D eigenvalue weighted by atomic mass is 35.5. The number of amides is 2. The van der Waals surface area contributed by atoms with Gasteiger partial charge in [0, 0.05) is 11.6 Å². The molecule has 0 aliphatic carbocycles. The van der Waals surface area contributed by atoms with Crippen molar-refractivity contribution in [2.24, 2.45) is 0 Å². The second kappa shape index (κ2) is 9.43. The molecular weight excluding hydrogens is 428 g/mol. The molecule has 2 N–H and O–H groups in total. The van der Waals surface area contributed by atoms with Gasteiger partial charge in [0.1, 0.15) is 16.1 Å². The lowest BCUT2D eigenvalue weighted by Gasteiger charge is -2.22. The summed E-state index contributed by atoms with van der Waals surface area (Å²) in [4.78, 5) is 27.1. The molecule has 5 nitrogen and oxygen atoms in total. The maximum atomic E-state index is 12.8. The van der Waals surface area contributed by atoms with E-state index in [-0.39, 0.29) is 17.6 Å². The van der Waals surface area contributed by atoms with Crippen LogP contribution in [0.4, 0.5) is 0 Å². The number of benzene rings is 2. The Balaban J connectivity index is 1.62. The maximum Gasteiger partial charge on any atom is 0.266 e. The summed E-state index contributed by atoms with van der Waals surface area (Å²) in [5.74, 6) is -0.384. The molecule has 2 amide bonds. The third kappa shape index (κ3) is 5.18. The molecule has 1 saturated heterocycles. The van der Waals surface area contributed by atoms with Crippen molar-refractivity contribution in [3.05, 3.63) is 69.6 Å². The summed E-state index contributed by atoms with van der Waals surface area (Å²) >= 11 is 12.7. The minimum Gasteiger partial charge on any atom is -0.508 e. The monoisotopic (exact) mass is 446 g/mol. The van der Waals surface area contributed by atoms with E-state index >= 15 is 0 Å². The molecule has 1 aliphatic heterocycles. The predicted molar refractivity (Wildman–Crippen MR) is 121 cm³/mol. The number of phenolic OH excluding ortho intramolecular Hbond substituents is 1. The van der Waals surface area contributed by atoms with Crippen molar-refractivity contribution in [2.45, 2.75) is 19.4 Å². The number of nitrogens with one attached hydrogen (secondary N) is 1. The second-order valence-electron chi connectivity index (χ2n) is 6.46. The summed E-state index contributed by atoms with van der Waals surface area (Å²) in [6.45, 7) is 2.07. The molecule has 1 fully saturated rings. The first-order valence-corrected chi connectivity index (χ1v) is 10.5. The molecule has 0 aromatic heterocycles. The van der Waals surface area contributed by atoms with E-state index in [0.29, 0.717) is 27.2 Å². The van der Waals surface area contributed by atoms with Crippen molar-refractivity contribution in [1.82, 2.24) is 10.2 Å². The number of thiocarbonyl (C=S) groups is 1. The van der Waals surface area contributed by atoms with Gasteiger partial charge in [-0.2, -0.15) is 0 Å². The number of nitrogens with zero attached hydrogens (tertiary/aromatic N) is 1. The molecule has 1 unspecified atom stereocenters. The van der Waals surface area contributed by atoms with Gasteiger partial charge in [0.05, 0.1) is 4.91 Å². The normalized spacial score (nSPS) is 16.3. The van der Waals surface area contributed by atoms with Crippen LogP contribution in [0.15, 0.2) is 53.4 Å². The van der Waals surface area contributed by atoms with E-state index in [1.54, 1.807) is 43.3 Å². The van der Waals surface area contributed by atoms with E-state index in [1.165, 1.54) is 4.90 Å².